The van der Waals surface area contributed by atoms with Gasteiger partial charge in [-0.05, 0) is 13.0 Å². The van der Waals surface area contributed by atoms with Gasteiger partial charge in [-0.3, -0.25) is 14.9 Å². The standard InChI is InChI=1S/C13H14ClN3O5/c1-13(21-4-5-22-13)7-12(18)16-15-8-9-2-3-10(14)11(6-9)17(19)20/h2-3,6,8H,4-5,7H2,1H3,(H,16,18)/b15-8-. The highest BCUT2D eigenvalue weighted by molar-refractivity contribution is 6.32. The van der Waals surface area contributed by atoms with Crippen LogP contribution >= 0.6 is 11.6 Å². The number of hydrogen-bond acceptors (Lipinski definition) is 6. The summed E-state index contributed by atoms with van der Waals surface area (Å²) >= 11 is 5.70. The van der Waals surface area contributed by atoms with Crippen LogP contribution in [0.15, 0.2) is 23.3 Å². The highest BCUT2D eigenvalue weighted by Gasteiger charge is 2.33. The van der Waals surface area contributed by atoms with Crippen molar-refractivity contribution in [3.05, 3.63) is 38.9 Å². The molecule has 0 bridgehead atoms. The van der Waals surface area contributed by atoms with Crippen LogP contribution in [0.25, 0.3) is 0 Å². The van der Waals surface area contributed by atoms with Crippen molar-refractivity contribution >= 4 is 29.4 Å². The summed E-state index contributed by atoms with van der Waals surface area (Å²) in [5, 5.41) is 14.5. The monoisotopic (exact) mass is 327 g/mol. The van der Waals surface area contributed by atoms with Gasteiger partial charge in [0, 0.05) is 11.6 Å². The SMILES string of the molecule is CC1(CC(=O)N/N=C\c2ccc(Cl)c([N+](=O)[O-])c2)OCCO1. The van der Waals surface area contributed by atoms with Crippen LogP contribution in [-0.4, -0.2) is 36.0 Å². The smallest absolute Gasteiger partial charge is 0.288 e. The van der Waals surface area contributed by atoms with E-state index in [-0.39, 0.29) is 23.0 Å². The van der Waals surface area contributed by atoms with Gasteiger partial charge in [0.1, 0.15) is 5.02 Å². The summed E-state index contributed by atoms with van der Waals surface area (Å²) in [6, 6.07) is 4.21. The first kappa shape index (κ1) is 16.3. The Kier molecular flexibility index (Phi) is 5.07. The van der Waals surface area contributed by atoms with Crippen molar-refractivity contribution in [1.29, 1.82) is 0 Å². The lowest BCUT2D eigenvalue weighted by atomic mass is 10.2. The van der Waals surface area contributed by atoms with Crippen molar-refractivity contribution in [2.45, 2.75) is 19.1 Å². The normalized spacial score (nSPS) is 16.8. The predicted octanol–water partition coefficient (Wildman–Crippen LogP) is 1.85. The number of nitro groups is 1. The first-order chi connectivity index (χ1) is 10.4. The Bertz CT molecular complexity index is 614. The maximum absolute atomic E-state index is 11.7. The molecule has 1 saturated heterocycles. The molecule has 0 radical (unpaired) electrons. The number of hydrazone groups is 1. The van der Waals surface area contributed by atoms with E-state index in [1.54, 1.807) is 13.0 Å². The van der Waals surface area contributed by atoms with Crippen molar-refractivity contribution in [1.82, 2.24) is 5.43 Å². The number of nitro benzene ring substituents is 1. The number of rotatable bonds is 5. The molecule has 0 saturated carbocycles. The van der Waals surface area contributed by atoms with E-state index in [0.29, 0.717) is 18.8 Å². The van der Waals surface area contributed by atoms with E-state index in [1.807, 2.05) is 0 Å². The number of ether oxygens (including phenoxy) is 2. The minimum Gasteiger partial charge on any atom is -0.347 e. The van der Waals surface area contributed by atoms with Crippen LogP contribution in [0.4, 0.5) is 5.69 Å². The minimum atomic E-state index is -0.932. The predicted molar refractivity (Wildman–Crippen MR) is 78.8 cm³/mol. The van der Waals surface area contributed by atoms with Gasteiger partial charge in [0.05, 0.1) is 30.8 Å². The summed E-state index contributed by atoms with van der Waals surface area (Å²) in [7, 11) is 0. The van der Waals surface area contributed by atoms with Gasteiger partial charge in [-0.1, -0.05) is 17.7 Å². The molecular formula is C13H14ClN3O5. The molecule has 8 nitrogen and oxygen atoms in total. The summed E-state index contributed by atoms with van der Waals surface area (Å²) in [6.07, 6.45) is 1.30. The second kappa shape index (κ2) is 6.82. The van der Waals surface area contributed by atoms with Crippen LogP contribution in [-0.2, 0) is 14.3 Å². The molecule has 1 aromatic carbocycles. The quantitative estimate of drug-likeness (QED) is 0.505. The molecule has 1 N–H and O–H groups in total. The van der Waals surface area contributed by atoms with Crippen LogP contribution in [0, 0.1) is 10.1 Å². The van der Waals surface area contributed by atoms with Gasteiger partial charge in [-0.25, -0.2) is 5.43 Å². The summed E-state index contributed by atoms with van der Waals surface area (Å²) in [6.45, 7) is 2.56. The zero-order valence-electron chi connectivity index (χ0n) is 11.7. The number of hydrogen-bond donors (Lipinski definition) is 1. The van der Waals surface area contributed by atoms with Gasteiger partial charge < -0.3 is 9.47 Å². The summed E-state index contributed by atoms with van der Waals surface area (Å²) in [5.74, 6) is -1.32. The maximum atomic E-state index is 11.7. The van der Waals surface area contributed by atoms with Crippen LogP contribution in [0.3, 0.4) is 0 Å². The van der Waals surface area contributed by atoms with Crippen molar-refractivity contribution in [3.8, 4) is 0 Å². The second-order valence-corrected chi connectivity index (χ2v) is 5.18. The van der Waals surface area contributed by atoms with Crippen LogP contribution < -0.4 is 5.43 Å². The minimum absolute atomic E-state index is 0.00507. The Balaban J connectivity index is 1.93. The molecule has 0 aliphatic carbocycles. The zero-order chi connectivity index (χ0) is 16.2. The van der Waals surface area contributed by atoms with Gasteiger partial charge in [0.2, 0.25) is 5.91 Å². The topological polar surface area (TPSA) is 103 Å². The molecule has 1 aliphatic heterocycles. The number of nitrogens with one attached hydrogen (secondary N) is 1. The zero-order valence-corrected chi connectivity index (χ0v) is 12.5. The summed E-state index contributed by atoms with van der Waals surface area (Å²) in [4.78, 5) is 21.9. The van der Waals surface area contributed by atoms with Crippen molar-refractivity contribution < 1.29 is 19.2 Å². The van der Waals surface area contributed by atoms with Gasteiger partial charge in [-0.2, -0.15) is 5.10 Å². The number of carbonyl (C=O) groups is 1. The largest absolute Gasteiger partial charge is 0.347 e. The van der Waals surface area contributed by atoms with E-state index in [2.05, 4.69) is 10.5 Å². The van der Waals surface area contributed by atoms with Crippen LogP contribution in [0.5, 0.6) is 0 Å². The fourth-order valence-electron chi connectivity index (χ4n) is 1.92. The molecule has 1 fully saturated rings. The molecule has 0 aromatic heterocycles. The average Bonchev–Trinajstić information content (AvgIpc) is 2.86. The molecule has 22 heavy (non-hydrogen) atoms. The van der Waals surface area contributed by atoms with Gasteiger partial charge in [0.15, 0.2) is 5.79 Å². The Morgan fingerprint density at radius 1 is 1.55 bits per heavy atom. The lowest BCUT2D eigenvalue weighted by molar-refractivity contribution is -0.384. The van der Waals surface area contributed by atoms with E-state index in [0.717, 1.165) is 0 Å². The fraction of sp³-hybridized carbons (Fsp3) is 0.385. The third kappa shape index (κ3) is 4.23. The third-order valence-electron chi connectivity index (χ3n) is 2.95. The highest BCUT2D eigenvalue weighted by Crippen LogP contribution is 2.24. The van der Waals surface area contributed by atoms with Crippen LogP contribution in [0.1, 0.15) is 18.9 Å². The Hall–Kier alpha value is -2.03. The van der Waals surface area contributed by atoms with E-state index in [1.165, 1.54) is 18.3 Å². The average molecular weight is 328 g/mol. The van der Waals surface area contributed by atoms with Crippen molar-refractivity contribution in [3.63, 3.8) is 0 Å². The Morgan fingerprint density at radius 3 is 2.86 bits per heavy atom. The van der Waals surface area contributed by atoms with E-state index >= 15 is 0 Å². The highest BCUT2D eigenvalue weighted by atomic mass is 35.5. The third-order valence-corrected chi connectivity index (χ3v) is 3.27. The number of carbonyl (C=O) groups excluding carboxylic acids is 1. The fourth-order valence-corrected chi connectivity index (χ4v) is 2.11. The molecular weight excluding hydrogens is 314 g/mol. The van der Waals surface area contributed by atoms with Gasteiger partial charge >= 0.3 is 0 Å². The molecule has 1 aromatic rings. The van der Waals surface area contributed by atoms with Gasteiger partial charge in [0.25, 0.3) is 5.69 Å². The molecule has 1 aliphatic rings. The van der Waals surface area contributed by atoms with Crippen molar-refractivity contribution in [2.75, 3.05) is 13.2 Å². The van der Waals surface area contributed by atoms with Gasteiger partial charge in [-0.15, -0.1) is 0 Å². The number of benzene rings is 1. The molecule has 0 spiro atoms. The second-order valence-electron chi connectivity index (χ2n) is 4.77. The molecule has 0 atom stereocenters. The summed E-state index contributed by atoms with van der Waals surface area (Å²) < 4.78 is 10.6. The lowest BCUT2D eigenvalue weighted by Crippen LogP contribution is -2.33. The lowest BCUT2D eigenvalue weighted by Gasteiger charge is -2.20. The molecule has 9 heteroatoms. The first-order valence-electron chi connectivity index (χ1n) is 6.43. The summed E-state index contributed by atoms with van der Waals surface area (Å²) in [5.41, 5.74) is 2.53. The Morgan fingerprint density at radius 2 is 2.23 bits per heavy atom. The number of nitrogens with zero attached hydrogens (tertiary/aromatic N) is 2. The molecule has 118 valence electrons. The Labute approximate surface area is 131 Å². The molecule has 0 unspecified atom stereocenters. The number of amides is 1. The number of halogens is 1. The van der Waals surface area contributed by atoms with E-state index in [4.69, 9.17) is 21.1 Å². The van der Waals surface area contributed by atoms with Crippen molar-refractivity contribution in [2.24, 2.45) is 5.10 Å². The van der Waals surface area contributed by atoms with Crippen LogP contribution in [0.2, 0.25) is 5.02 Å². The first-order valence-corrected chi connectivity index (χ1v) is 6.81. The van der Waals surface area contributed by atoms with E-state index in [9.17, 15) is 14.9 Å². The maximum Gasteiger partial charge on any atom is 0.288 e. The van der Waals surface area contributed by atoms with E-state index < -0.39 is 10.7 Å². The molecule has 1 heterocycles. The molecule has 1 amide bonds. The molecule has 2 rings (SSSR count).